The van der Waals surface area contributed by atoms with Crippen LogP contribution >= 0.6 is 0 Å². The lowest BCUT2D eigenvalue weighted by Gasteiger charge is -2.37. The summed E-state index contributed by atoms with van der Waals surface area (Å²) in [6, 6.07) is 9.32. The lowest BCUT2D eigenvalue weighted by molar-refractivity contribution is -0.128. The lowest BCUT2D eigenvalue weighted by atomic mass is 9.73. The van der Waals surface area contributed by atoms with Gasteiger partial charge in [-0.05, 0) is 24.8 Å². The van der Waals surface area contributed by atoms with Crippen LogP contribution in [-0.4, -0.2) is 50.4 Å². The van der Waals surface area contributed by atoms with Gasteiger partial charge in [0.1, 0.15) is 11.2 Å². The zero-order valence-electron chi connectivity index (χ0n) is 17.7. The van der Waals surface area contributed by atoms with Crippen molar-refractivity contribution < 1.29 is 19.6 Å². The van der Waals surface area contributed by atoms with Crippen molar-refractivity contribution in [2.45, 2.75) is 51.5 Å². The normalized spacial score (nSPS) is 15.0. The molecule has 0 fully saturated rings. The quantitative estimate of drug-likeness (QED) is 0.461. The predicted octanol–water partition coefficient (Wildman–Crippen LogP) is 1.31. The highest BCUT2D eigenvalue weighted by Gasteiger charge is 2.43. The number of carbonyl (C=O) groups excluding carboxylic acids is 2. The van der Waals surface area contributed by atoms with Crippen molar-refractivity contribution in [3.05, 3.63) is 60.2 Å². The van der Waals surface area contributed by atoms with E-state index in [4.69, 9.17) is 0 Å². The molecule has 1 aromatic heterocycles. The van der Waals surface area contributed by atoms with Crippen molar-refractivity contribution in [1.29, 1.82) is 0 Å². The molecule has 0 bridgehead atoms. The van der Waals surface area contributed by atoms with E-state index in [1.54, 1.807) is 6.92 Å². The van der Waals surface area contributed by atoms with E-state index in [0.29, 0.717) is 6.42 Å². The van der Waals surface area contributed by atoms with Gasteiger partial charge in [0.2, 0.25) is 5.91 Å². The molecule has 1 aromatic carbocycles. The molecule has 2 rings (SSSR count). The van der Waals surface area contributed by atoms with E-state index in [0.717, 1.165) is 5.56 Å². The minimum Gasteiger partial charge on any atom is -0.426 e. The van der Waals surface area contributed by atoms with Gasteiger partial charge in [-0.3, -0.25) is 14.6 Å². The van der Waals surface area contributed by atoms with Gasteiger partial charge in [-0.25, -0.2) is 4.98 Å². The number of nitrogens with zero attached hydrogens (tertiary/aromatic N) is 2. The Morgan fingerprint density at radius 2 is 1.80 bits per heavy atom. The molecule has 4 N–H and O–H groups in total. The summed E-state index contributed by atoms with van der Waals surface area (Å²) in [6.07, 6.45) is 4.54. The number of hydrogen-bond donors (Lipinski definition) is 4. The molecule has 0 aliphatic rings. The fraction of sp³-hybridized carbons (Fsp3) is 0.429. The molecular weight excluding hydrogens is 383 g/mol. The minimum atomic E-state index is -1.72. The monoisotopic (exact) mass is 412 g/mol. The zero-order chi connectivity index (χ0) is 22.3. The summed E-state index contributed by atoms with van der Waals surface area (Å²) in [4.78, 5) is 34.1. The summed E-state index contributed by atoms with van der Waals surface area (Å²) >= 11 is 0. The molecule has 0 radical (unpaired) electrons. The van der Waals surface area contributed by atoms with Crippen LogP contribution in [0.25, 0.3) is 0 Å². The Bertz CT molecular complexity index is 835. The van der Waals surface area contributed by atoms with Gasteiger partial charge in [-0.15, -0.1) is 0 Å². The number of rotatable bonds is 9. The van der Waals surface area contributed by atoms with E-state index in [-0.39, 0.29) is 11.6 Å². The molecule has 0 saturated heterocycles. The molecule has 0 saturated carbocycles. The largest absolute Gasteiger partial charge is 0.475 e. The Morgan fingerprint density at radius 3 is 2.33 bits per heavy atom. The van der Waals surface area contributed by atoms with Crippen molar-refractivity contribution >= 4 is 18.9 Å². The first-order valence-electron chi connectivity index (χ1n) is 9.95. The van der Waals surface area contributed by atoms with Crippen LogP contribution in [-0.2, 0) is 4.79 Å². The van der Waals surface area contributed by atoms with Gasteiger partial charge in [0.25, 0.3) is 5.91 Å². The minimum absolute atomic E-state index is 0.0812. The molecule has 0 spiro atoms. The summed E-state index contributed by atoms with van der Waals surface area (Å²) in [7, 11) is -1.72. The van der Waals surface area contributed by atoms with Gasteiger partial charge in [-0.1, -0.05) is 51.1 Å². The highest BCUT2D eigenvalue weighted by molar-refractivity contribution is 6.43. The van der Waals surface area contributed by atoms with Crippen LogP contribution in [0.2, 0.25) is 0 Å². The maximum atomic E-state index is 13.4. The average Bonchev–Trinajstić information content (AvgIpc) is 2.73. The molecule has 2 aromatic rings. The predicted molar refractivity (Wildman–Crippen MR) is 114 cm³/mol. The van der Waals surface area contributed by atoms with Crippen LogP contribution in [0, 0.1) is 5.92 Å². The summed E-state index contributed by atoms with van der Waals surface area (Å²) in [5.41, 5.74) is -0.461. The standard InChI is InChI=1S/C21H29BN4O4/c1-14(2)12-18(22(29)30)25-20(28)21(4,15(3)16-8-6-5-7-9-16)26-19(27)17-13-23-10-11-24-17/h5-11,13-15,18,29-30H,12H2,1-4H3,(H,25,28)(H,26,27)/t15-,18-,21?/m0/s1. The van der Waals surface area contributed by atoms with E-state index in [1.165, 1.54) is 18.6 Å². The lowest BCUT2D eigenvalue weighted by Crippen LogP contribution is -2.63. The van der Waals surface area contributed by atoms with Crippen LogP contribution in [0.4, 0.5) is 0 Å². The molecule has 3 atom stereocenters. The van der Waals surface area contributed by atoms with Crippen molar-refractivity contribution in [1.82, 2.24) is 20.6 Å². The van der Waals surface area contributed by atoms with E-state index >= 15 is 0 Å². The molecular formula is C21H29BN4O4. The molecule has 160 valence electrons. The van der Waals surface area contributed by atoms with Crippen molar-refractivity contribution in [2.75, 3.05) is 0 Å². The van der Waals surface area contributed by atoms with Gasteiger partial charge in [0.15, 0.2) is 0 Å². The van der Waals surface area contributed by atoms with Crippen molar-refractivity contribution in [3.63, 3.8) is 0 Å². The highest BCUT2D eigenvalue weighted by Crippen LogP contribution is 2.29. The third-order valence-corrected chi connectivity index (χ3v) is 5.21. The number of aromatic nitrogens is 2. The summed E-state index contributed by atoms with van der Waals surface area (Å²) in [5, 5.41) is 24.9. The molecule has 1 heterocycles. The van der Waals surface area contributed by atoms with Crippen molar-refractivity contribution in [2.24, 2.45) is 5.92 Å². The molecule has 0 aliphatic carbocycles. The number of amides is 2. The second-order valence-corrected chi connectivity index (χ2v) is 8.00. The van der Waals surface area contributed by atoms with Crippen molar-refractivity contribution in [3.8, 4) is 0 Å². The molecule has 30 heavy (non-hydrogen) atoms. The Labute approximate surface area is 177 Å². The van der Waals surface area contributed by atoms with Gasteiger partial charge >= 0.3 is 7.12 Å². The number of nitrogens with one attached hydrogen (secondary N) is 2. The zero-order valence-corrected chi connectivity index (χ0v) is 17.7. The second-order valence-electron chi connectivity index (χ2n) is 8.00. The van der Waals surface area contributed by atoms with Gasteiger partial charge in [-0.2, -0.15) is 0 Å². The molecule has 1 unspecified atom stereocenters. The fourth-order valence-electron chi connectivity index (χ4n) is 3.23. The van der Waals surface area contributed by atoms with E-state index in [1.807, 2.05) is 51.1 Å². The first-order valence-corrected chi connectivity index (χ1v) is 9.95. The summed E-state index contributed by atoms with van der Waals surface area (Å²) < 4.78 is 0. The Hall–Kier alpha value is -2.78. The Balaban J connectivity index is 2.36. The van der Waals surface area contributed by atoms with Gasteiger partial charge in [0, 0.05) is 18.3 Å². The smallest absolute Gasteiger partial charge is 0.426 e. The first kappa shape index (κ1) is 23.5. The fourth-order valence-corrected chi connectivity index (χ4v) is 3.23. The average molecular weight is 412 g/mol. The van der Waals surface area contributed by atoms with Crippen LogP contribution in [0.5, 0.6) is 0 Å². The van der Waals surface area contributed by atoms with E-state index < -0.39 is 36.3 Å². The van der Waals surface area contributed by atoms with Crippen LogP contribution in [0.3, 0.4) is 0 Å². The second kappa shape index (κ2) is 10.3. The topological polar surface area (TPSA) is 124 Å². The third-order valence-electron chi connectivity index (χ3n) is 5.21. The van der Waals surface area contributed by atoms with Crippen LogP contribution < -0.4 is 10.6 Å². The number of benzene rings is 1. The van der Waals surface area contributed by atoms with E-state index in [9.17, 15) is 19.6 Å². The molecule has 8 nitrogen and oxygen atoms in total. The molecule has 9 heteroatoms. The maximum absolute atomic E-state index is 13.4. The Kier molecular flexibility index (Phi) is 8.08. The van der Waals surface area contributed by atoms with Crippen LogP contribution in [0.15, 0.2) is 48.9 Å². The van der Waals surface area contributed by atoms with Gasteiger partial charge in [0.05, 0.1) is 12.1 Å². The first-order chi connectivity index (χ1) is 14.1. The summed E-state index contributed by atoms with van der Waals surface area (Å²) in [5.74, 6) is -2.23. The van der Waals surface area contributed by atoms with Crippen LogP contribution in [0.1, 0.15) is 56.1 Å². The molecule has 2 amide bonds. The van der Waals surface area contributed by atoms with Gasteiger partial charge < -0.3 is 20.7 Å². The third kappa shape index (κ3) is 5.87. The van der Waals surface area contributed by atoms with E-state index in [2.05, 4.69) is 20.6 Å². The highest BCUT2D eigenvalue weighted by atomic mass is 16.4. The Morgan fingerprint density at radius 1 is 1.13 bits per heavy atom. The summed E-state index contributed by atoms with van der Waals surface area (Å²) in [6.45, 7) is 7.29. The number of carbonyl (C=O) groups is 2. The SMILES string of the molecule is CC(C)C[C@H](NC(=O)C(C)(NC(=O)c1cnccn1)[C@@H](C)c1ccccc1)B(O)O. The molecule has 0 aliphatic heterocycles. The maximum Gasteiger partial charge on any atom is 0.475 e. The number of hydrogen-bond acceptors (Lipinski definition) is 6.